The average Bonchev–Trinajstić information content (AvgIpc) is 2.63. The van der Waals surface area contributed by atoms with Gasteiger partial charge in [0.1, 0.15) is 0 Å². The van der Waals surface area contributed by atoms with Crippen LogP contribution in [0.15, 0.2) is 12.2 Å². The standard InChI is InChI=1S/C11H18O2/c1-3-12-9(2)13-11-6-4-10(8-11)5-7-11/h4,6,9-10H,3,5,7-8H2,1-2H3. The number of allylic oxidation sites excluding steroid dienone is 1. The first kappa shape index (κ1) is 9.22. The van der Waals surface area contributed by atoms with Gasteiger partial charge in [0.05, 0.1) is 5.60 Å². The van der Waals surface area contributed by atoms with Gasteiger partial charge in [-0.15, -0.1) is 0 Å². The minimum atomic E-state index is -0.0634. The SMILES string of the molecule is CCOC(C)OC12C=CC(CC1)C2. The summed E-state index contributed by atoms with van der Waals surface area (Å²) in [5.41, 5.74) is 0.0270. The molecule has 2 rings (SSSR count). The molecule has 0 saturated heterocycles. The Balaban J connectivity index is 1.90. The maximum absolute atomic E-state index is 5.92. The molecular formula is C11H18O2. The Hall–Kier alpha value is -0.340. The van der Waals surface area contributed by atoms with Crippen LogP contribution in [0.25, 0.3) is 0 Å². The molecule has 2 aliphatic rings. The van der Waals surface area contributed by atoms with Crippen LogP contribution in [0.3, 0.4) is 0 Å². The second kappa shape index (κ2) is 3.43. The third-order valence-corrected chi connectivity index (χ3v) is 3.02. The van der Waals surface area contributed by atoms with Gasteiger partial charge in [0.25, 0.3) is 0 Å². The Labute approximate surface area is 79.9 Å². The summed E-state index contributed by atoms with van der Waals surface area (Å²) in [6.07, 6.45) is 8.09. The van der Waals surface area contributed by atoms with Crippen LogP contribution in [0.2, 0.25) is 0 Å². The normalized spacial score (nSPS) is 38.5. The summed E-state index contributed by atoms with van der Waals surface area (Å²) >= 11 is 0. The molecule has 1 fully saturated rings. The van der Waals surface area contributed by atoms with E-state index in [1.165, 1.54) is 19.3 Å². The minimum absolute atomic E-state index is 0.0270. The molecule has 13 heavy (non-hydrogen) atoms. The van der Waals surface area contributed by atoms with Crippen LogP contribution in [0.4, 0.5) is 0 Å². The van der Waals surface area contributed by atoms with Gasteiger partial charge in [-0.25, -0.2) is 0 Å². The van der Waals surface area contributed by atoms with Crippen LogP contribution >= 0.6 is 0 Å². The van der Waals surface area contributed by atoms with Crippen molar-refractivity contribution in [3.63, 3.8) is 0 Å². The van der Waals surface area contributed by atoms with Crippen LogP contribution in [0, 0.1) is 5.92 Å². The molecular weight excluding hydrogens is 164 g/mol. The van der Waals surface area contributed by atoms with Crippen LogP contribution < -0.4 is 0 Å². The molecule has 0 aromatic carbocycles. The summed E-state index contributed by atoms with van der Waals surface area (Å²) in [6.45, 7) is 4.71. The van der Waals surface area contributed by atoms with Crippen LogP contribution in [-0.2, 0) is 9.47 Å². The molecule has 0 spiro atoms. The summed E-state index contributed by atoms with van der Waals surface area (Å²) in [5.74, 6) is 0.772. The van der Waals surface area contributed by atoms with Crippen LogP contribution in [0.1, 0.15) is 33.1 Å². The Morgan fingerprint density at radius 2 is 2.46 bits per heavy atom. The second-order valence-corrected chi connectivity index (χ2v) is 4.07. The van der Waals surface area contributed by atoms with Crippen molar-refractivity contribution in [3.05, 3.63) is 12.2 Å². The molecule has 0 radical (unpaired) electrons. The number of rotatable bonds is 4. The number of fused-ring (bicyclic) bond motifs is 2. The number of hydrogen-bond acceptors (Lipinski definition) is 2. The lowest BCUT2D eigenvalue weighted by Gasteiger charge is -2.28. The first-order valence-electron chi connectivity index (χ1n) is 5.23. The molecule has 0 aromatic heterocycles. The van der Waals surface area contributed by atoms with E-state index in [-0.39, 0.29) is 11.9 Å². The zero-order valence-corrected chi connectivity index (χ0v) is 8.45. The van der Waals surface area contributed by atoms with Crippen molar-refractivity contribution in [1.82, 2.24) is 0 Å². The summed E-state index contributed by atoms with van der Waals surface area (Å²) in [4.78, 5) is 0. The van der Waals surface area contributed by atoms with Crippen molar-refractivity contribution in [2.75, 3.05) is 6.61 Å². The lowest BCUT2D eigenvalue weighted by atomic mass is 10.0. The molecule has 2 bridgehead atoms. The fourth-order valence-corrected chi connectivity index (χ4v) is 2.45. The van der Waals surface area contributed by atoms with Crippen LogP contribution in [-0.4, -0.2) is 18.5 Å². The molecule has 3 atom stereocenters. The zero-order chi connectivity index (χ0) is 9.31. The molecule has 0 N–H and O–H groups in total. The largest absolute Gasteiger partial charge is 0.353 e. The molecule has 1 saturated carbocycles. The first-order valence-corrected chi connectivity index (χ1v) is 5.23. The van der Waals surface area contributed by atoms with Gasteiger partial charge in [0, 0.05) is 6.61 Å². The topological polar surface area (TPSA) is 18.5 Å². The van der Waals surface area contributed by atoms with Gasteiger partial charge >= 0.3 is 0 Å². The van der Waals surface area contributed by atoms with E-state index in [0.29, 0.717) is 0 Å². The highest BCUT2D eigenvalue weighted by molar-refractivity contribution is 5.18. The zero-order valence-electron chi connectivity index (χ0n) is 8.45. The van der Waals surface area contributed by atoms with Gasteiger partial charge in [-0.1, -0.05) is 12.2 Å². The Bertz CT molecular complexity index is 212. The van der Waals surface area contributed by atoms with Crippen molar-refractivity contribution in [2.45, 2.75) is 45.0 Å². The lowest BCUT2D eigenvalue weighted by Crippen LogP contribution is -2.31. The summed E-state index contributed by atoms with van der Waals surface area (Å²) in [7, 11) is 0. The van der Waals surface area contributed by atoms with Gasteiger partial charge < -0.3 is 9.47 Å². The second-order valence-electron chi connectivity index (χ2n) is 4.07. The van der Waals surface area contributed by atoms with Crippen molar-refractivity contribution in [3.8, 4) is 0 Å². The van der Waals surface area contributed by atoms with Gasteiger partial charge in [-0.05, 0) is 39.0 Å². The molecule has 0 amide bonds. The fourth-order valence-electron chi connectivity index (χ4n) is 2.45. The third-order valence-electron chi connectivity index (χ3n) is 3.02. The molecule has 2 aliphatic carbocycles. The van der Waals surface area contributed by atoms with Gasteiger partial charge in [0.2, 0.25) is 0 Å². The maximum atomic E-state index is 5.92. The van der Waals surface area contributed by atoms with E-state index in [1.54, 1.807) is 0 Å². The van der Waals surface area contributed by atoms with Crippen LogP contribution in [0.5, 0.6) is 0 Å². The highest BCUT2D eigenvalue weighted by Gasteiger charge is 2.42. The van der Waals surface area contributed by atoms with Crippen molar-refractivity contribution in [2.24, 2.45) is 5.92 Å². The Kier molecular flexibility index (Phi) is 2.43. The summed E-state index contributed by atoms with van der Waals surface area (Å²) in [6, 6.07) is 0. The molecule has 0 aliphatic heterocycles. The molecule has 3 unspecified atom stereocenters. The molecule has 0 aromatic rings. The predicted molar refractivity (Wildman–Crippen MR) is 51.4 cm³/mol. The molecule has 74 valence electrons. The van der Waals surface area contributed by atoms with E-state index in [9.17, 15) is 0 Å². The van der Waals surface area contributed by atoms with Crippen molar-refractivity contribution in [1.29, 1.82) is 0 Å². The molecule has 0 heterocycles. The van der Waals surface area contributed by atoms with E-state index in [0.717, 1.165) is 12.5 Å². The monoisotopic (exact) mass is 182 g/mol. The van der Waals surface area contributed by atoms with Crippen molar-refractivity contribution >= 4 is 0 Å². The average molecular weight is 182 g/mol. The van der Waals surface area contributed by atoms with Crippen molar-refractivity contribution < 1.29 is 9.47 Å². The predicted octanol–water partition coefficient (Wildman–Crippen LogP) is 2.49. The summed E-state index contributed by atoms with van der Waals surface area (Å²) < 4.78 is 11.3. The van der Waals surface area contributed by atoms with E-state index < -0.39 is 0 Å². The Morgan fingerprint density at radius 1 is 1.62 bits per heavy atom. The molecule has 2 heteroatoms. The quantitative estimate of drug-likeness (QED) is 0.491. The first-order chi connectivity index (χ1) is 6.24. The Morgan fingerprint density at radius 3 is 2.92 bits per heavy atom. The summed E-state index contributed by atoms with van der Waals surface area (Å²) in [5, 5.41) is 0. The number of ether oxygens (including phenoxy) is 2. The van der Waals surface area contributed by atoms with E-state index in [1.807, 2.05) is 13.8 Å². The maximum Gasteiger partial charge on any atom is 0.155 e. The molecule has 2 nitrogen and oxygen atoms in total. The van der Waals surface area contributed by atoms with Gasteiger partial charge in [-0.3, -0.25) is 0 Å². The highest BCUT2D eigenvalue weighted by atomic mass is 16.7. The van der Waals surface area contributed by atoms with Gasteiger partial charge in [0.15, 0.2) is 6.29 Å². The highest BCUT2D eigenvalue weighted by Crippen LogP contribution is 2.45. The smallest absolute Gasteiger partial charge is 0.155 e. The minimum Gasteiger partial charge on any atom is -0.353 e. The lowest BCUT2D eigenvalue weighted by molar-refractivity contribution is -0.180. The third kappa shape index (κ3) is 1.79. The van der Waals surface area contributed by atoms with Gasteiger partial charge in [-0.2, -0.15) is 0 Å². The fraction of sp³-hybridized carbons (Fsp3) is 0.818. The number of hydrogen-bond donors (Lipinski definition) is 0. The van der Waals surface area contributed by atoms with E-state index in [4.69, 9.17) is 9.47 Å². The van der Waals surface area contributed by atoms with E-state index >= 15 is 0 Å². The van der Waals surface area contributed by atoms with E-state index in [2.05, 4.69) is 12.2 Å².